The highest BCUT2D eigenvalue weighted by Gasteiger charge is 2.49. The van der Waals surface area contributed by atoms with Crippen molar-refractivity contribution in [3.05, 3.63) is 83.0 Å². The summed E-state index contributed by atoms with van der Waals surface area (Å²) in [7, 11) is 0. The summed E-state index contributed by atoms with van der Waals surface area (Å²) in [5.41, 5.74) is 6.59. The van der Waals surface area contributed by atoms with Gasteiger partial charge in [0.05, 0.1) is 5.41 Å². The van der Waals surface area contributed by atoms with Gasteiger partial charge in [-0.3, -0.25) is 0 Å². The van der Waals surface area contributed by atoms with Crippen LogP contribution in [0, 0.1) is 11.6 Å². The number of benzene rings is 2. The lowest BCUT2D eigenvalue weighted by Crippen LogP contribution is -2.50. The fourth-order valence-electron chi connectivity index (χ4n) is 3.51. The number of nitrogens with two attached hydrogens (primary N) is 1. The fraction of sp³-hybridized carbons (Fsp3) is 0.263. The van der Waals surface area contributed by atoms with Gasteiger partial charge < -0.3 is 10.3 Å². The summed E-state index contributed by atoms with van der Waals surface area (Å²) in [5, 5.41) is 3.93. The lowest BCUT2D eigenvalue weighted by Gasteiger charge is -2.43. The number of aromatic nitrogens is 2. The molecule has 0 amide bonds. The normalized spacial score (nSPS) is 22.6. The van der Waals surface area contributed by atoms with Crippen LogP contribution in [0.1, 0.15) is 35.7 Å². The van der Waals surface area contributed by atoms with Gasteiger partial charge in [0, 0.05) is 18.0 Å². The number of halogens is 2. The van der Waals surface area contributed by atoms with Crippen molar-refractivity contribution in [3.8, 4) is 0 Å². The lowest BCUT2D eigenvalue weighted by molar-refractivity contribution is 0.187. The third kappa shape index (κ3) is 2.72. The van der Waals surface area contributed by atoms with Gasteiger partial charge in [-0.25, -0.2) is 8.78 Å². The number of rotatable bonds is 4. The van der Waals surface area contributed by atoms with E-state index < -0.39 is 17.0 Å². The Labute approximate surface area is 143 Å². The summed E-state index contributed by atoms with van der Waals surface area (Å²) >= 11 is 0. The van der Waals surface area contributed by atoms with Crippen molar-refractivity contribution in [2.75, 3.05) is 0 Å². The lowest BCUT2D eigenvalue weighted by atomic mass is 9.61. The Kier molecular flexibility index (Phi) is 3.84. The van der Waals surface area contributed by atoms with E-state index in [0.29, 0.717) is 18.7 Å². The second-order valence-electron chi connectivity index (χ2n) is 6.51. The molecule has 2 aromatic carbocycles. The van der Waals surface area contributed by atoms with Crippen LogP contribution in [-0.4, -0.2) is 16.2 Å². The first kappa shape index (κ1) is 15.9. The highest BCUT2D eigenvalue weighted by molar-refractivity contribution is 5.36. The third-order valence-corrected chi connectivity index (χ3v) is 4.82. The van der Waals surface area contributed by atoms with Crippen LogP contribution in [0.25, 0.3) is 0 Å². The molecule has 25 heavy (non-hydrogen) atoms. The van der Waals surface area contributed by atoms with Crippen LogP contribution in [0.3, 0.4) is 0 Å². The Morgan fingerprint density at radius 2 is 1.72 bits per heavy atom. The topological polar surface area (TPSA) is 64.9 Å². The minimum Gasteiger partial charge on any atom is -0.338 e. The van der Waals surface area contributed by atoms with Crippen LogP contribution in [-0.2, 0) is 11.8 Å². The van der Waals surface area contributed by atoms with Crippen LogP contribution >= 0.6 is 0 Å². The maximum absolute atomic E-state index is 13.8. The van der Waals surface area contributed by atoms with Gasteiger partial charge in [0.2, 0.25) is 5.89 Å². The molecule has 2 N–H and O–H groups in total. The van der Waals surface area contributed by atoms with Crippen molar-refractivity contribution in [2.45, 2.75) is 30.7 Å². The van der Waals surface area contributed by atoms with Crippen molar-refractivity contribution in [1.29, 1.82) is 0 Å². The Balaban J connectivity index is 1.66. The van der Waals surface area contributed by atoms with E-state index in [1.54, 1.807) is 0 Å². The third-order valence-electron chi connectivity index (χ3n) is 4.82. The number of nitrogens with zero attached hydrogens (tertiary/aromatic N) is 2. The quantitative estimate of drug-likeness (QED) is 0.790. The van der Waals surface area contributed by atoms with Crippen LogP contribution in [0.5, 0.6) is 0 Å². The highest BCUT2D eigenvalue weighted by atomic mass is 19.1. The SMILES string of the molecule is NC1CC(c2ccccc2)(c2nc(Cc3c(F)cccc3F)no2)C1. The number of hydrogen-bond acceptors (Lipinski definition) is 4. The summed E-state index contributed by atoms with van der Waals surface area (Å²) in [6.07, 6.45) is 1.35. The molecule has 1 fully saturated rings. The molecule has 1 aliphatic carbocycles. The summed E-state index contributed by atoms with van der Waals surface area (Å²) in [5.74, 6) is -0.522. The molecule has 128 valence electrons. The second-order valence-corrected chi connectivity index (χ2v) is 6.51. The largest absolute Gasteiger partial charge is 0.338 e. The summed E-state index contributed by atoms with van der Waals surface area (Å²) in [4.78, 5) is 4.43. The average molecular weight is 341 g/mol. The minimum atomic E-state index is -0.616. The molecular formula is C19H17F2N3O. The van der Waals surface area contributed by atoms with Crippen LogP contribution in [0.15, 0.2) is 53.1 Å². The molecule has 1 aliphatic rings. The molecule has 0 saturated heterocycles. The van der Waals surface area contributed by atoms with Gasteiger partial charge in [-0.05, 0) is 30.5 Å². The van der Waals surface area contributed by atoms with E-state index >= 15 is 0 Å². The molecule has 0 radical (unpaired) electrons. The first-order valence-electron chi connectivity index (χ1n) is 8.15. The van der Waals surface area contributed by atoms with Crippen molar-refractivity contribution >= 4 is 0 Å². The van der Waals surface area contributed by atoms with E-state index in [2.05, 4.69) is 10.1 Å². The van der Waals surface area contributed by atoms with E-state index in [9.17, 15) is 8.78 Å². The van der Waals surface area contributed by atoms with Gasteiger partial charge in [0.1, 0.15) is 11.6 Å². The van der Waals surface area contributed by atoms with Crippen LogP contribution in [0.4, 0.5) is 8.78 Å². The summed E-state index contributed by atoms with van der Waals surface area (Å²) in [6.45, 7) is 0. The molecule has 1 saturated carbocycles. The molecule has 0 unspecified atom stereocenters. The zero-order chi connectivity index (χ0) is 17.4. The Morgan fingerprint density at radius 1 is 1.04 bits per heavy atom. The molecule has 3 aromatic rings. The van der Waals surface area contributed by atoms with Gasteiger partial charge in [-0.2, -0.15) is 4.98 Å². The minimum absolute atomic E-state index is 0.0566. The standard InChI is InChI=1S/C19H17F2N3O/c20-15-7-4-8-16(21)14(15)9-17-23-18(25-24-17)19(10-13(22)11-19)12-5-2-1-3-6-12/h1-8,13H,9-11,22H2. The predicted molar refractivity (Wildman–Crippen MR) is 87.9 cm³/mol. The Bertz CT molecular complexity index is 868. The molecule has 0 aliphatic heterocycles. The first-order chi connectivity index (χ1) is 12.1. The van der Waals surface area contributed by atoms with Crippen molar-refractivity contribution in [2.24, 2.45) is 5.73 Å². The van der Waals surface area contributed by atoms with Gasteiger partial charge in [0.25, 0.3) is 0 Å². The van der Waals surface area contributed by atoms with Gasteiger partial charge in [-0.15, -0.1) is 0 Å². The molecule has 0 bridgehead atoms. The monoisotopic (exact) mass is 341 g/mol. The fourth-order valence-corrected chi connectivity index (χ4v) is 3.51. The maximum atomic E-state index is 13.8. The van der Waals surface area contributed by atoms with E-state index in [1.807, 2.05) is 30.3 Å². The van der Waals surface area contributed by atoms with Crippen LogP contribution in [0.2, 0.25) is 0 Å². The van der Waals surface area contributed by atoms with Crippen molar-refractivity contribution in [1.82, 2.24) is 10.1 Å². The maximum Gasteiger partial charge on any atom is 0.237 e. The highest BCUT2D eigenvalue weighted by Crippen LogP contribution is 2.47. The summed E-state index contributed by atoms with van der Waals surface area (Å²) in [6, 6.07) is 13.7. The molecule has 1 heterocycles. The Morgan fingerprint density at radius 3 is 2.36 bits per heavy atom. The molecule has 0 atom stereocenters. The average Bonchev–Trinajstić information content (AvgIpc) is 3.05. The molecule has 4 rings (SSSR count). The number of hydrogen-bond donors (Lipinski definition) is 1. The first-order valence-corrected chi connectivity index (χ1v) is 8.15. The van der Waals surface area contributed by atoms with E-state index in [-0.39, 0.29) is 23.9 Å². The zero-order valence-corrected chi connectivity index (χ0v) is 13.5. The van der Waals surface area contributed by atoms with Crippen molar-refractivity contribution in [3.63, 3.8) is 0 Å². The molecular weight excluding hydrogens is 324 g/mol. The molecule has 6 heteroatoms. The molecule has 4 nitrogen and oxygen atoms in total. The second kappa shape index (κ2) is 6.04. The van der Waals surface area contributed by atoms with E-state index in [1.165, 1.54) is 18.2 Å². The molecule has 1 aromatic heterocycles. The Hall–Kier alpha value is -2.60. The van der Waals surface area contributed by atoms with Gasteiger partial charge in [0.15, 0.2) is 5.82 Å². The smallest absolute Gasteiger partial charge is 0.237 e. The van der Waals surface area contributed by atoms with E-state index in [0.717, 1.165) is 5.56 Å². The van der Waals surface area contributed by atoms with Gasteiger partial charge >= 0.3 is 0 Å². The summed E-state index contributed by atoms with van der Waals surface area (Å²) < 4.78 is 33.1. The van der Waals surface area contributed by atoms with Gasteiger partial charge in [-0.1, -0.05) is 41.6 Å². The zero-order valence-electron chi connectivity index (χ0n) is 13.5. The van der Waals surface area contributed by atoms with E-state index in [4.69, 9.17) is 10.3 Å². The predicted octanol–water partition coefficient (Wildman–Crippen LogP) is 3.35. The van der Waals surface area contributed by atoms with Crippen LogP contribution < -0.4 is 5.73 Å². The molecule has 0 spiro atoms. The van der Waals surface area contributed by atoms with Crippen molar-refractivity contribution < 1.29 is 13.3 Å².